The minimum absolute atomic E-state index is 0.0139. The SMILES string of the molecule is NC[C@H]1CC[C@@H](C(=O)NCC(O)Cc2ccccc2)O1. The third-order valence-electron chi connectivity index (χ3n) is 3.49. The molecule has 5 heteroatoms. The second kappa shape index (κ2) is 7.38. The summed E-state index contributed by atoms with van der Waals surface area (Å²) in [5, 5.41) is 12.7. The summed E-state index contributed by atoms with van der Waals surface area (Å²) in [4.78, 5) is 11.9. The molecule has 1 unspecified atom stereocenters. The van der Waals surface area contributed by atoms with Crippen LogP contribution in [0.2, 0.25) is 0 Å². The molecule has 110 valence electrons. The van der Waals surface area contributed by atoms with Gasteiger partial charge in [-0.15, -0.1) is 0 Å². The molecule has 0 spiro atoms. The first-order valence-corrected chi connectivity index (χ1v) is 7.04. The van der Waals surface area contributed by atoms with Crippen molar-refractivity contribution in [2.45, 2.75) is 37.6 Å². The molecule has 20 heavy (non-hydrogen) atoms. The Bertz CT molecular complexity index is 424. The third kappa shape index (κ3) is 4.30. The predicted octanol–water partition coefficient (Wildman–Crippen LogP) is 0.213. The summed E-state index contributed by atoms with van der Waals surface area (Å²) in [6, 6.07) is 9.71. The van der Waals surface area contributed by atoms with Crippen molar-refractivity contribution in [3.63, 3.8) is 0 Å². The number of nitrogens with one attached hydrogen (secondary N) is 1. The number of nitrogens with two attached hydrogens (primary N) is 1. The van der Waals surface area contributed by atoms with Crippen molar-refractivity contribution in [2.75, 3.05) is 13.1 Å². The first-order valence-electron chi connectivity index (χ1n) is 7.04. The highest BCUT2D eigenvalue weighted by atomic mass is 16.5. The fourth-order valence-electron chi connectivity index (χ4n) is 2.36. The predicted molar refractivity (Wildman–Crippen MR) is 76.1 cm³/mol. The minimum atomic E-state index is -0.590. The van der Waals surface area contributed by atoms with Crippen molar-refractivity contribution in [1.82, 2.24) is 5.32 Å². The van der Waals surface area contributed by atoms with Crippen LogP contribution in [0.5, 0.6) is 0 Å². The number of aliphatic hydroxyl groups is 1. The minimum Gasteiger partial charge on any atom is -0.391 e. The van der Waals surface area contributed by atoms with E-state index < -0.39 is 12.2 Å². The second-order valence-corrected chi connectivity index (χ2v) is 5.15. The molecule has 5 nitrogen and oxygen atoms in total. The Kier molecular flexibility index (Phi) is 5.52. The van der Waals surface area contributed by atoms with Gasteiger partial charge in [-0.2, -0.15) is 0 Å². The zero-order valence-electron chi connectivity index (χ0n) is 11.5. The van der Waals surface area contributed by atoms with Crippen molar-refractivity contribution in [3.8, 4) is 0 Å². The zero-order valence-corrected chi connectivity index (χ0v) is 11.5. The van der Waals surface area contributed by atoms with Gasteiger partial charge in [0.15, 0.2) is 0 Å². The number of ether oxygens (including phenoxy) is 1. The van der Waals surface area contributed by atoms with Crippen LogP contribution in [-0.4, -0.2) is 42.4 Å². The van der Waals surface area contributed by atoms with Gasteiger partial charge in [-0.25, -0.2) is 0 Å². The molecular formula is C15H22N2O3. The normalized spacial score (nSPS) is 23.5. The average molecular weight is 278 g/mol. The maximum atomic E-state index is 11.9. The second-order valence-electron chi connectivity index (χ2n) is 5.15. The van der Waals surface area contributed by atoms with Gasteiger partial charge in [-0.1, -0.05) is 30.3 Å². The Hall–Kier alpha value is -1.43. The van der Waals surface area contributed by atoms with Gasteiger partial charge >= 0.3 is 0 Å². The van der Waals surface area contributed by atoms with E-state index >= 15 is 0 Å². The lowest BCUT2D eigenvalue weighted by molar-refractivity contribution is -0.132. The highest BCUT2D eigenvalue weighted by molar-refractivity contribution is 5.81. The van der Waals surface area contributed by atoms with Crippen molar-refractivity contribution in [1.29, 1.82) is 0 Å². The van der Waals surface area contributed by atoms with Gasteiger partial charge in [-0.3, -0.25) is 4.79 Å². The third-order valence-corrected chi connectivity index (χ3v) is 3.49. The average Bonchev–Trinajstić information content (AvgIpc) is 2.95. The number of hydrogen-bond donors (Lipinski definition) is 3. The van der Waals surface area contributed by atoms with Crippen molar-refractivity contribution in [3.05, 3.63) is 35.9 Å². The standard InChI is InChI=1S/C15H22N2O3/c16-9-13-6-7-14(20-13)15(19)17-10-12(18)8-11-4-2-1-3-5-11/h1-5,12-14,18H,6-10,16H2,(H,17,19)/t12?,13-,14+/m1/s1. The van der Waals surface area contributed by atoms with Crippen LogP contribution in [-0.2, 0) is 16.0 Å². The van der Waals surface area contributed by atoms with Crippen LogP contribution in [0.1, 0.15) is 18.4 Å². The first kappa shape index (κ1) is 15.0. The molecule has 0 aliphatic carbocycles. The molecular weight excluding hydrogens is 256 g/mol. The molecule has 1 aromatic carbocycles. The number of hydrogen-bond acceptors (Lipinski definition) is 4. The smallest absolute Gasteiger partial charge is 0.249 e. The van der Waals surface area contributed by atoms with Crippen LogP contribution in [0.25, 0.3) is 0 Å². The van der Waals surface area contributed by atoms with Crippen LogP contribution in [0.4, 0.5) is 0 Å². The fraction of sp³-hybridized carbons (Fsp3) is 0.533. The van der Waals surface area contributed by atoms with Gasteiger partial charge in [0.05, 0.1) is 12.2 Å². The van der Waals surface area contributed by atoms with Gasteiger partial charge in [-0.05, 0) is 18.4 Å². The summed E-state index contributed by atoms with van der Waals surface area (Å²) in [5.41, 5.74) is 6.56. The van der Waals surface area contributed by atoms with Crippen LogP contribution in [0.15, 0.2) is 30.3 Å². The summed E-state index contributed by atoms with van der Waals surface area (Å²) < 4.78 is 5.50. The van der Waals surface area contributed by atoms with Gasteiger partial charge in [0, 0.05) is 19.5 Å². The highest BCUT2D eigenvalue weighted by Crippen LogP contribution is 2.18. The van der Waals surface area contributed by atoms with Crippen LogP contribution >= 0.6 is 0 Å². The van der Waals surface area contributed by atoms with Crippen molar-refractivity contribution in [2.24, 2.45) is 5.73 Å². The fourth-order valence-corrected chi connectivity index (χ4v) is 2.36. The molecule has 0 saturated carbocycles. The van der Waals surface area contributed by atoms with Crippen LogP contribution < -0.4 is 11.1 Å². The molecule has 3 atom stereocenters. The van der Waals surface area contributed by atoms with E-state index in [0.717, 1.165) is 12.0 Å². The molecule has 1 amide bonds. The largest absolute Gasteiger partial charge is 0.391 e. The topological polar surface area (TPSA) is 84.6 Å². The Labute approximate surface area is 119 Å². The van der Waals surface area contributed by atoms with Gasteiger partial charge in [0.25, 0.3) is 0 Å². The lowest BCUT2D eigenvalue weighted by Crippen LogP contribution is -2.40. The van der Waals surface area contributed by atoms with E-state index in [1.165, 1.54) is 0 Å². The quantitative estimate of drug-likeness (QED) is 0.694. The van der Waals surface area contributed by atoms with Gasteiger partial charge in [0.2, 0.25) is 5.91 Å². The first-order chi connectivity index (χ1) is 9.69. The number of aliphatic hydroxyl groups excluding tert-OH is 1. The number of amides is 1. The van der Waals surface area contributed by atoms with E-state index in [2.05, 4.69) is 5.32 Å². The molecule has 1 heterocycles. The van der Waals surface area contributed by atoms with Gasteiger partial charge in [0.1, 0.15) is 6.10 Å². The highest BCUT2D eigenvalue weighted by Gasteiger charge is 2.29. The maximum absolute atomic E-state index is 11.9. The van der Waals surface area contributed by atoms with E-state index in [4.69, 9.17) is 10.5 Å². The van der Waals surface area contributed by atoms with E-state index in [9.17, 15) is 9.90 Å². The molecule has 1 saturated heterocycles. The van der Waals surface area contributed by atoms with E-state index in [0.29, 0.717) is 19.4 Å². The number of carbonyl (C=O) groups is 1. The van der Waals surface area contributed by atoms with Crippen LogP contribution in [0.3, 0.4) is 0 Å². The van der Waals surface area contributed by atoms with E-state index in [1.54, 1.807) is 0 Å². The van der Waals surface area contributed by atoms with E-state index in [1.807, 2.05) is 30.3 Å². The Morgan fingerprint density at radius 2 is 2.15 bits per heavy atom. The van der Waals surface area contributed by atoms with Crippen LogP contribution in [0, 0.1) is 0 Å². The lowest BCUT2D eigenvalue weighted by atomic mass is 10.1. The summed E-state index contributed by atoms with van der Waals surface area (Å²) in [7, 11) is 0. The molecule has 0 bridgehead atoms. The maximum Gasteiger partial charge on any atom is 0.249 e. The van der Waals surface area contributed by atoms with Crippen molar-refractivity contribution < 1.29 is 14.6 Å². The lowest BCUT2D eigenvalue weighted by Gasteiger charge is -2.15. The molecule has 1 aliphatic rings. The molecule has 1 fully saturated rings. The van der Waals surface area contributed by atoms with Crippen molar-refractivity contribution >= 4 is 5.91 Å². The summed E-state index contributed by atoms with van der Waals surface area (Å²) in [5.74, 6) is -0.159. The zero-order chi connectivity index (χ0) is 14.4. The number of carbonyl (C=O) groups excluding carboxylic acids is 1. The molecule has 4 N–H and O–H groups in total. The molecule has 0 aromatic heterocycles. The summed E-state index contributed by atoms with van der Waals surface area (Å²) >= 11 is 0. The Morgan fingerprint density at radius 1 is 1.40 bits per heavy atom. The molecule has 1 aromatic rings. The van der Waals surface area contributed by atoms with E-state index in [-0.39, 0.29) is 18.6 Å². The Morgan fingerprint density at radius 3 is 2.80 bits per heavy atom. The Balaban J connectivity index is 1.71. The number of rotatable bonds is 6. The monoisotopic (exact) mass is 278 g/mol. The van der Waals surface area contributed by atoms with Gasteiger partial charge < -0.3 is 20.9 Å². The summed E-state index contributed by atoms with van der Waals surface area (Å²) in [6.07, 6.45) is 1.02. The summed E-state index contributed by atoms with van der Waals surface area (Å²) in [6.45, 7) is 0.682. The molecule has 0 radical (unpaired) electrons. The molecule has 1 aliphatic heterocycles. The molecule has 2 rings (SSSR count). The number of benzene rings is 1.